The number of hydrogen-bond acceptors (Lipinski definition) is 4. The van der Waals surface area contributed by atoms with E-state index in [-0.39, 0.29) is 11.6 Å². The predicted molar refractivity (Wildman–Crippen MR) is 59.3 cm³/mol. The van der Waals surface area contributed by atoms with Gasteiger partial charge in [-0.25, -0.2) is 9.89 Å². The zero-order chi connectivity index (χ0) is 12.4. The van der Waals surface area contributed by atoms with E-state index in [9.17, 15) is 4.79 Å². The number of aromatic carboxylic acids is 1. The summed E-state index contributed by atoms with van der Waals surface area (Å²) in [6, 6.07) is 5.46. The molecule has 2 aromatic rings. The Balaban J connectivity index is 2.28. The molecule has 0 spiro atoms. The quantitative estimate of drug-likeness (QED) is 0.845. The van der Waals surface area contributed by atoms with Gasteiger partial charge in [-0.2, -0.15) is 0 Å². The largest absolute Gasteiger partial charge is 0.476 e. The minimum Gasteiger partial charge on any atom is -0.476 e. The lowest BCUT2D eigenvalue weighted by Crippen LogP contribution is -1.99. The fraction of sp³-hybridized carbons (Fsp3) is 0.182. The fourth-order valence-electron chi connectivity index (χ4n) is 1.32. The van der Waals surface area contributed by atoms with Crippen molar-refractivity contribution < 1.29 is 14.6 Å². The van der Waals surface area contributed by atoms with Gasteiger partial charge in [0.25, 0.3) is 5.88 Å². The van der Waals surface area contributed by atoms with Crippen LogP contribution in [0.1, 0.15) is 21.6 Å². The molecule has 1 aromatic carbocycles. The third-order valence-electron chi connectivity index (χ3n) is 2.42. The average Bonchev–Trinajstić information content (AvgIpc) is 2.72. The number of hydrogen-bond donors (Lipinski definition) is 2. The van der Waals surface area contributed by atoms with Crippen molar-refractivity contribution in [2.75, 3.05) is 0 Å². The van der Waals surface area contributed by atoms with Gasteiger partial charge in [0.1, 0.15) is 5.75 Å². The molecule has 0 amide bonds. The summed E-state index contributed by atoms with van der Waals surface area (Å²) in [6.45, 7) is 3.93. The maximum absolute atomic E-state index is 10.8. The summed E-state index contributed by atoms with van der Waals surface area (Å²) in [5, 5.41) is 18.1. The number of carboxylic acids is 1. The summed E-state index contributed by atoms with van der Waals surface area (Å²) in [4.78, 5) is 10.8. The monoisotopic (exact) mass is 233 g/mol. The number of nitrogens with one attached hydrogen (secondary N) is 1. The van der Waals surface area contributed by atoms with Crippen molar-refractivity contribution in [3.05, 3.63) is 35.0 Å². The Kier molecular flexibility index (Phi) is 2.78. The highest BCUT2D eigenvalue weighted by molar-refractivity contribution is 5.87. The van der Waals surface area contributed by atoms with E-state index in [1.807, 2.05) is 26.0 Å². The molecule has 0 aliphatic carbocycles. The zero-order valence-electron chi connectivity index (χ0n) is 9.39. The Morgan fingerprint density at radius 2 is 2.12 bits per heavy atom. The first-order valence-corrected chi connectivity index (χ1v) is 4.97. The summed E-state index contributed by atoms with van der Waals surface area (Å²) < 4.78 is 5.36. The van der Waals surface area contributed by atoms with Crippen molar-refractivity contribution in [2.24, 2.45) is 0 Å². The molecule has 1 aromatic heterocycles. The van der Waals surface area contributed by atoms with E-state index in [0.29, 0.717) is 5.75 Å². The molecule has 0 atom stereocenters. The molecule has 1 heterocycles. The van der Waals surface area contributed by atoms with E-state index in [4.69, 9.17) is 9.84 Å². The molecule has 0 radical (unpaired) electrons. The van der Waals surface area contributed by atoms with E-state index in [1.165, 1.54) is 0 Å². The van der Waals surface area contributed by atoms with Crippen molar-refractivity contribution in [2.45, 2.75) is 13.8 Å². The zero-order valence-corrected chi connectivity index (χ0v) is 9.39. The Hall–Kier alpha value is -2.37. The molecule has 88 valence electrons. The maximum atomic E-state index is 10.8. The number of benzene rings is 1. The normalized spacial score (nSPS) is 10.2. The smallest absolute Gasteiger partial charge is 0.359 e. The van der Waals surface area contributed by atoms with Gasteiger partial charge in [-0.3, -0.25) is 0 Å². The standard InChI is InChI=1S/C11H11N3O3/c1-6-3-4-8(5-7(6)2)17-10-9(11(15)16)12-14-13-10/h3-5H,1-2H3,(H,15,16)(H,12,13,14). The maximum Gasteiger partial charge on any atom is 0.359 e. The van der Waals surface area contributed by atoms with Gasteiger partial charge in [0.2, 0.25) is 5.69 Å². The SMILES string of the molecule is Cc1ccc(Oc2nn[nH]c2C(=O)O)cc1C. The fourth-order valence-corrected chi connectivity index (χ4v) is 1.32. The molecule has 2 rings (SSSR count). The van der Waals surface area contributed by atoms with Crippen molar-refractivity contribution in [3.8, 4) is 11.6 Å². The van der Waals surface area contributed by atoms with Crippen LogP contribution in [-0.2, 0) is 0 Å². The highest BCUT2D eigenvalue weighted by Crippen LogP contribution is 2.23. The van der Waals surface area contributed by atoms with E-state index in [2.05, 4.69) is 15.4 Å². The van der Waals surface area contributed by atoms with Gasteiger partial charge in [0, 0.05) is 0 Å². The second kappa shape index (κ2) is 4.25. The van der Waals surface area contributed by atoms with E-state index < -0.39 is 5.97 Å². The van der Waals surface area contributed by atoms with Gasteiger partial charge < -0.3 is 9.84 Å². The van der Waals surface area contributed by atoms with Crippen LogP contribution in [0.4, 0.5) is 0 Å². The van der Waals surface area contributed by atoms with Crippen LogP contribution < -0.4 is 4.74 Å². The molecule has 0 aliphatic heterocycles. The van der Waals surface area contributed by atoms with Crippen molar-refractivity contribution >= 4 is 5.97 Å². The minimum atomic E-state index is -1.16. The van der Waals surface area contributed by atoms with E-state index in [0.717, 1.165) is 11.1 Å². The van der Waals surface area contributed by atoms with Crippen LogP contribution in [0, 0.1) is 13.8 Å². The summed E-state index contributed by atoms with van der Waals surface area (Å²) in [6.07, 6.45) is 0. The molecule has 0 unspecified atom stereocenters. The lowest BCUT2D eigenvalue weighted by Gasteiger charge is -2.05. The summed E-state index contributed by atoms with van der Waals surface area (Å²) in [5.74, 6) is -0.668. The predicted octanol–water partition coefficient (Wildman–Crippen LogP) is 1.91. The molecule has 0 saturated heterocycles. The topological polar surface area (TPSA) is 88.1 Å². The van der Waals surface area contributed by atoms with Gasteiger partial charge in [-0.15, -0.1) is 0 Å². The Labute approximate surface area is 97.2 Å². The van der Waals surface area contributed by atoms with Crippen LogP contribution in [0.15, 0.2) is 18.2 Å². The molecule has 0 fully saturated rings. The number of rotatable bonds is 3. The highest BCUT2D eigenvalue weighted by Gasteiger charge is 2.16. The van der Waals surface area contributed by atoms with Crippen LogP contribution in [-0.4, -0.2) is 26.5 Å². The number of H-pyrrole nitrogens is 1. The number of carbonyl (C=O) groups is 1. The van der Waals surface area contributed by atoms with E-state index >= 15 is 0 Å². The van der Waals surface area contributed by atoms with E-state index in [1.54, 1.807) is 6.07 Å². The third kappa shape index (κ3) is 2.25. The molecule has 0 aliphatic rings. The Morgan fingerprint density at radius 1 is 1.35 bits per heavy atom. The first-order chi connectivity index (χ1) is 8.08. The van der Waals surface area contributed by atoms with Crippen LogP contribution in [0.3, 0.4) is 0 Å². The third-order valence-corrected chi connectivity index (χ3v) is 2.42. The number of aryl methyl sites for hydroxylation is 2. The van der Waals surface area contributed by atoms with Crippen LogP contribution in [0.5, 0.6) is 11.6 Å². The number of carboxylic acid groups (broad SMARTS) is 1. The molecule has 0 saturated carbocycles. The summed E-state index contributed by atoms with van der Waals surface area (Å²) in [5.41, 5.74) is 2.03. The molecular weight excluding hydrogens is 222 g/mol. The number of ether oxygens (including phenoxy) is 1. The van der Waals surface area contributed by atoms with Crippen LogP contribution >= 0.6 is 0 Å². The average molecular weight is 233 g/mol. The molecule has 0 bridgehead atoms. The van der Waals surface area contributed by atoms with Gasteiger partial charge >= 0.3 is 5.97 Å². The lowest BCUT2D eigenvalue weighted by molar-refractivity contribution is 0.0687. The number of aromatic amines is 1. The lowest BCUT2D eigenvalue weighted by atomic mass is 10.1. The minimum absolute atomic E-state index is 0.0410. The first-order valence-electron chi connectivity index (χ1n) is 4.97. The van der Waals surface area contributed by atoms with Crippen LogP contribution in [0.25, 0.3) is 0 Å². The molecule has 6 nitrogen and oxygen atoms in total. The van der Waals surface area contributed by atoms with Crippen molar-refractivity contribution in [1.82, 2.24) is 15.4 Å². The van der Waals surface area contributed by atoms with Crippen LogP contribution in [0.2, 0.25) is 0 Å². The second-order valence-corrected chi connectivity index (χ2v) is 3.65. The van der Waals surface area contributed by atoms with Gasteiger partial charge in [0.05, 0.1) is 0 Å². The first kappa shape index (κ1) is 11.1. The molecule has 2 N–H and O–H groups in total. The number of aromatic nitrogens is 3. The van der Waals surface area contributed by atoms with Crippen molar-refractivity contribution in [3.63, 3.8) is 0 Å². The van der Waals surface area contributed by atoms with Gasteiger partial charge in [0.15, 0.2) is 0 Å². The summed E-state index contributed by atoms with van der Waals surface area (Å²) in [7, 11) is 0. The Bertz CT molecular complexity index is 563. The van der Waals surface area contributed by atoms with Crippen molar-refractivity contribution in [1.29, 1.82) is 0 Å². The summed E-state index contributed by atoms with van der Waals surface area (Å²) >= 11 is 0. The Morgan fingerprint density at radius 3 is 2.76 bits per heavy atom. The second-order valence-electron chi connectivity index (χ2n) is 3.65. The molecule has 6 heteroatoms. The van der Waals surface area contributed by atoms with Gasteiger partial charge in [-0.05, 0) is 37.1 Å². The number of nitrogens with zero attached hydrogens (tertiary/aromatic N) is 2. The highest BCUT2D eigenvalue weighted by atomic mass is 16.5. The molecular formula is C11H11N3O3. The molecule has 17 heavy (non-hydrogen) atoms. The van der Waals surface area contributed by atoms with Gasteiger partial charge in [-0.1, -0.05) is 16.4 Å².